The zero-order valence-electron chi connectivity index (χ0n) is 16.7. The highest BCUT2D eigenvalue weighted by atomic mass is 19.4. The van der Waals surface area contributed by atoms with Gasteiger partial charge >= 0.3 is 6.18 Å². The standard InChI is InChI=1S/C21H18F5N3O3/c1-11-2-3-12(19(31)27-10-21(24,25)26)6-16(11)28-20(32)13-7-18(30)29(9-13)17-5-4-14(22)8-15(17)23/h2-6,8,13H,7,9-10H2,1H3,(H,27,31)(H,28,32). The van der Waals surface area contributed by atoms with E-state index >= 15 is 0 Å². The summed E-state index contributed by atoms with van der Waals surface area (Å²) in [5, 5.41) is 4.31. The first-order chi connectivity index (χ1) is 14.9. The molecule has 6 nitrogen and oxygen atoms in total. The number of alkyl halides is 3. The van der Waals surface area contributed by atoms with Crippen LogP contribution in [0, 0.1) is 24.5 Å². The van der Waals surface area contributed by atoms with E-state index in [4.69, 9.17) is 0 Å². The van der Waals surface area contributed by atoms with Crippen LogP contribution in [0.15, 0.2) is 36.4 Å². The molecular weight excluding hydrogens is 437 g/mol. The van der Waals surface area contributed by atoms with Gasteiger partial charge in [0.1, 0.15) is 18.2 Å². The highest BCUT2D eigenvalue weighted by Crippen LogP contribution is 2.29. The summed E-state index contributed by atoms with van der Waals surface area (Å²) < 4.78 is 64.1. The predicted molar refractivity (Wildman–Crippen MR) is 105 cm³/mol. The molecule has 3 rings (SSSR count). The maximum absolute atomic E-state index is 14.0. The number of benzene rings is 2. The Kier molecular flexibility index (Phi) is 6.47. The minimum atomic E-state index is -4.57. The van der Waals surface area contributed by atoms with Crippen molar-refractivity contribution in [1.29, 1.82) is 0 Å². The Hall–Kier alpha value is -3.50. The highest BCUT2D eigenvalue weighted by Gasteiger charge is 2.36. The molecule has 170 valence electrons. The van der Waals surface area contributed by atoms with Crippen LogP contribution >= 0.6 is 0 Å². The zero-order chi connectivity index (χ0) is 23.6. The Morgan fingerprint density at radius 3 is 2.50 bits per heavy atom. The van der Waals surface area contributed by atoms with Gasteiger partial charge in [-0.05, 0) is 36.8 Å². The van der Waals surface area contributed by atoms with Gasteiger partial charge in [0.2, 0.25) is 11.8 Å². The van der Waals surface area contributed by atoms with Crippen molar-refractivity contribution in [2.75, 3.05) is 23.3 Å². The number of hydrogen-bond donors (Lipinski definition) is 2. The van der Waals surface area contributed by atoms with Crippen molar-refractivity contribution in [3.05, 3.63) is 59.2 Å². The SMILES string of the molecule is Cc1ccc(C(=O)NCC(F)(F)F)cc1NC(=O)C1CC(=O)N(c2ccc(F)cc2F)C1. The number of nitrogens with one attached hydrogen (secondary N) is 2. The summed E-state index contributed by atoms with van der Waals surface area (Å²) in [5.41, 5.74) is 0.490. The number of rotatable bonds is 5. The number of nitrogens with zero attached hydrogens (tertiary/aromatic N) is 1. The molecule has 0 aliphatic carbocycles. The minimum absolute atomic E-state index is 0.0901. The molecule has 2 N–H and O–H groups in total. The molecule has 1 aliphatic rings. The van der Waals surface area contributed by atoms with Crippen molar-refractivity contribution in [1.82, 2.24) is 5.32 Å². The summed E-state index contributed by atoms with van der Waals surface area (Å²) in [6.45, 7) is -0.0214. The van der Waals surface area contributed by atoms with E-state index in [-0.39, 0.29) is 29.9 Å². The molecule has 0 spiro atoms. The molecular formula is C21H18F5N3O3. The molecule has 32 heavy (non-hydrogen) atoms. The fraction of sp³-hybridized carbons (Fsp3) is 0.286. The van der Waals surface area contributed by atoms with Crippen LogP contribution in [-0.2, 0) is 9.59 Å². The molecule has 1 heterocycles. The molecule has 2 aromatic carbocycles. The van der Waals surface area contributed by atoms with E-state index in [2.05, 4.69) is 5.32 Å². The summed E-state index contributed by atoms with van der Waals surface area (Å²) in [4.78, 5) is 38.0. The van der Waals surface area contributed by atoms with Gasteiger partial charge in [-0.1, -0.05) is 6.07 Å². The molecule has 0 saturated carbocycles. The van der Waals surface area contributed by atoms with Crippen LogP contribution in [0.25, 0.3) is 0 Å². The number of hydrogen-bond acceptors (Lipinski definition) is 3. The maximum atomic E-state index is 14.0. The smallest absolute Gasteiger partial charge is 0.343 e. The molecule has 0 radical (unpaired) electrons. The number of amides is 3. The monoisotopic (exact) mass is 455 g/mol. The Morgan fingerprint density at radius 2 is 1.84 bits per heavy atom. The van der Waals surface area contributed by atoms with Crippen LogP contribution in [0.2, 0.25) is 0 Å². The molecule has 2 aromatic rings. The third kappa shape index (κ3) is 5.40. The first-order valence-electron chi connectivity index (χ1n) is 9.46. The summed E-state index contributed by atoms with van der Waals surface area (Å²) in [6, 6.07) is 6.74. The van der Waals surface area contributed by atoms with Crippen molar-refractivity contribution >= 4 is 29.1 Å². The second-order valence-corrected chi connectivity index (χ2v) is 7.32. The van der Waals surface area contributed by atoms with Crippen molar-refractivity contribution in [3.8, 4) is 0 Å². The first-order valence-corrected chi connectivity index (χ1v) is 9.46. The molecule has 0 bridgehead atoms. The van der Waals surface area contributed by atoms with E-state index in [9.17, 15) is 36.3 Å². The van der Waals surface area contributed by atoms with Gasteiger partial charge in [-0.2, -0.15) is 13.2 Å². The third-order valence-corrected chi connectivity index (χ3v) is 4.90. The third-order valence-electron chi connectivity index (χ3n) is 4.90. The fourth-order valence-corrected chi connectivity index (χ4v) is 3.23. The number of carbonyl (C=O) groups excluding carboxylic acids is 3. The fourth-order valence-electron chi connectivity index (χ4n) is 3.23. The Bertz CT molecular complexity index is 1070. The molecule has 3 amide bonds. The lowest BCUT2D eigenvalue weighted by Gasteiger charge is -2.18. The van der Waals surface area contributed by atoms with Crippen molar-refractivity contribution in [3.63, 3.8) is 0 Å². The van der Waals surface area contributed by atoms with E-state index < -0.39 is 48.0 Å². The van der Waals surface area contributed by atoms with Gasteiger partial charge in [-0.25, -0.2) is 8.78 Å². The maximum Gasteiger partial charge on any atom is 0.405 e. The summed E-state index contributed by atoms with van der Waals surface area (Å²) >= 11 is 0. The molecule has 1 atom stereocenters. The predicted octanol–water partition coefficient (Wildman–Crippen LogP) is 3.56. The van der Waals surface area contributed by atoms with E-state index in [0.29, 0.717) is 11.6 Å². The molecule has 1 fully saturated rings. The number of carbonyl (C=O) groups is 3. The second kappa shape index (κ2) is 8.93. The topological polar surface area (TPSA) is 78.5 Å². The number of anilines is 2. The minimum Gasteiger partial charge on any atom is -0.343 e. The Labute approximate surface area is 179 Å². The van der Waals surface area contributed by atoms with Crippen LogP contribution in [0.1, 0.15) is 22.3 Å². The van der Waals surface area contributed by atoms with Gasteiger partial charge < -0.3 is 15.5 Å². The van der Waals surface area contributed by atoms with E-state index in [1.807, 2.05) is 0 Å². The zero-order valence-corrected chi connectivity index (χ0v) is 16.7. The largest absolute Gasteiger partial charge is 0.405 e. The van der Waals surface area contributed by atoms with Crippen molar-refractivity contribution in [2.24, 2.45) is 5.92 Å². The van der Waals surface area contributed by atoms with Gasteiger partial charge in [0.25, 0.3) is 5.91 Å². The number of halogens is 5. The lowest BCUT2D eigenvalue weighted by molar-refractivity contribution is -0.123. The summed E-state index contributed by atoms with van der Waals surface area (Å²) in [6.07, 6.45) is -4.78. The molecule has 0 aromatic heterocycles. The lowest BCUT2D eigenvalue weighted by atomic mass is 10.1. The van der Waals surface area contributed by atoms with Crippen LogP contribution < -0.4 is 15.5 Å². The molecule has 1 unspecified atom stereocenters. The average Bonchev–Trinajstić information content (AvgIpc) is 3.09. The molecule has 11 heteroatoms. The van der Waals surface area contributed by atoms with Gasteiger partial charge in [0, 0.05) is 30.3 Å². The molecule has 1 aliphatic heterocycles. The van der Waals surface area contributed by atoms with Crippen molar-refractivity contribution in [2.45, 2.75) is 19.5 Å². The van der Waals surface area contributed by atoms with Crippen LogP contribution in [0.5, 0.6) is 0 Å². The van der Waals surface area contributed by atoms with Gasteiger partial charge in [-0.3, -0.25) is 14.4 Å². The quantitative estimate of drug-likeness (QED) is 0.677. The molecule has 1 saturated heterocycles. The van der Waals surface area contributed by atoms with Gasteiger partial charge in [-0.15, -0.1) is 0 Å². The van der Waals surface area contributed by atoms with Gasteiger partial charge in [0.05, 0.1) is 11.6 Å². The van der Waals surface area contributed by atoms with Crippen LogP contribution in [0.4, 0.5) is 33.3 Å². The Morgan fingerprint density at radius 1 is 1.12 bits per heavy atom. The first kappa shape index (κ1) is 23.2. The second-order valence-electron chi connectivity index (χ2n) is 7.32. The normalized spacial score (nSPS) is 16.2. The number of aryl methyl sites for hydroxylation is 1. The van der Waals surface area contributed by atoms with Crippen LogP contribution in [-0.4, -0.2) is 37.0 Å². The summed E-state index contributed by atoms with van der Waals surface area (Å²) in [5.74, 6) is -4.66. The van der Waals surface area contributed by atoms with Gasteiger partial charge in [0.15, 0.2) is 0 Å². The van der Waals surface area contributed by atoms with E-state index in [1.54, 1.807) is 12.2 Å². The van der Waals surface area contributed by atoms with Crippen LogP contribution in [0.3, 0.4) is 0 Å². The van der Waals surface area contributed by atoms with E-state index in [1.165, 1.54) is 18.2 Å². The average molecular weight is 455 g/mol. The van der Waals surface area contributed by atoms with E-state index in [0.717, 1.165) is 17.0 Å². The highest BCUT2D eigenvalue weighted by molar-refractivity contribution is 6.04. The summed E-state index contributed by atoms with van der Waals surface area (Å²) in [7, 11) is 0. The Balaban J connectivity index is 1.70. The van der Waals surface area contributed by atoms with Crippen molar-refractivity contribution < 1.29 is 36.3 Å². The lowest BCUT2D eigenvalue weighted by Crippen LogP contribution is -2.33.